The van der Waals surface area contributed by atoms with Crippen molar-refractivity contribution in [2.24, 2.45) is 39.8 Å². The number of rotatable bonds is 19. The second kappa shape index (κ2) is 18.3. The van der Waals surface area contributed by atoms with E-state index in [4.69, 9.17) is 22.9 Å². The second-order valence-corrected chi connectivity index (χ2v) is 9.48. The minimum atomic E-state index is -1.21. The van der Waals surface area contributed by atoms with E-state index >= 15 is 0 Å². The highest BCUT2D eigenvalue weighted by Gasteiger charge is 2.32. The van der Waals surface area contributed by atoms with Crippen LogP contribution in [0.25, 0.3) is 0 Å². The summed E-state index contributed by atoms with van der Waals surface area (Å²) in [5.41, 5.74) is 22.2. The van der Waals surface area contributed by atoms with E-state index in [1.54, 1.807) is 0 Å². The number of nitrogens with two attached hydrogens (primary N) is 4. The molecule has 0 saturated carbocycles. The van der Waals surface area contributed by atoms with Gasteiger partial charge in [-0.05, 0) is 50.5 Å². The quantitative estimate of drug-likeness (QED) is 0.0589. The minimum absolute atomic E-state index is 0.0737. The van der Waals surface area contributed by atoms with Gasteiger partial charge in [-0.15, -0.1) is 0 Å². The molecule has 0 saturated heterocycles. The Hall–Kier alpha value is -2.93. The standard InChI is InChI=1S/C24H48N8O5/c1-5-14(3)18(26)21(34)32-19(15(4)6-2)22(35)30-16(10-7-8-12-25)20(33)31-17(23(36)37)11-9-13-29-24(27)28/h14-19H,5-13,25-26H2,1-4H3,(H,30,35)(H,31,33)(H,32,34)(H,36,37)(H4,27,28,29). The van der Waals surface area contributed by atoms with Crippen molar-refractivity contribution in [3.8, 4) is 0 Å². The second-order valence-electron chi connectivity index (χ2n) is 9.48. The van der Waals surface area contributed by atoms with Crippen LogP contribution in [0.1, 0.15) is 72.6 Å². The summed E-state index contributed by atoms with van der Waals surface area (Å²) in [6.07, 6.45) is 3.14. The first-order chi connectivity index (χ1) is 17.4. The van der Waals surface area contributed by atoms with Crippen LogP contribution in [0.4, 0.5) is 0 Å². The number of carboxylic acid groups (broad SMARTS) is 1. The summed E-state index contributed by atoms with van der Waals surface area (Å²) in [7, 11) is 0. The van der Waals surface area contributed by atoms with Crippen molar-refractivity contribution in [2.45, 2.75) is 96.8 Å². The van der Waals surface area contributed by atoms with E-state index in [1.165, 1.54) is 0 Å². The van der Waals surface area contributed by atoms with Gasteiger partial charge in [0.15, 0.2) is 5.96 Å². The fraction of sp³-hybridized carbons (Fsp3) is 0.792. The van der Waals surface area contributed by atoms with Gasteiger partial charge in [0, 0.05) is 6.54 Å². The number of carboxylic acids is 1. The van der Waals surface area contributed by atoms with Crippen molar-refractivity contribution in [3.05, 3.63) is 0 Å². The van der Waals surface area contributed by atoms with E-state index in [0.29, 0.717) is 38.6 Å². The Morgan fingerprint density at radius 2 is 1.38 bits per heavy atom. The van der Waals surface area contributed by atoms with Gasteiger partial charge in [-0.25, -0.2) is 4.79 Å². The maximum atomic E-state index is 13.3. The molecule has 3 amide bonds. The maximum absolute atomic E-state index is 13.3. The molecule has 13 nitrogen and oxygen atoms in total. The number of hydrogen-bond donors (Lipinski definition) is 8. The Balaban J connectivity index is 5.57. The summed E-state index contributed by atoms with van der Waals surface area (Å²) in [4.78, 5) is 54.5. The predicted molar refractivity (Wildman–Crippen MR) is 143 cm³/mol. The summed E-state index contributed by atoms with van der Waals surface area (Å²) in [5.74, 6) is -3.23. The summed E-state index contributed by atoms with van der Waals surface area (Å²) < 4.78 is 0. The highest BCUT2D eigenvalue weighted by molar-refractivity contribution is 5.94. The summed E-state index contributed by atoms with van der Waals surface area (Å²) in [6.45, 7) is 8.11. The lowest BCUT2D eigenvalue weighted by molar-refractivity contribution is -0.142. The third-order valence-electron chi connectivity index (χ3n) is 6.49. The number of nitrogens with zero attached hydrogens (tertiary/aromatic N) is 1. The SMILES string of the molecule is CCC(C)C(N)C(=O)NC(C(=O)NC(CCCCN)C(=O)NC(CCCN=C(N)N)C(=O)O)C(C)CC. The Bertz CT molecular complexity index is 759. The van der Waals surface area contributed by atoms with Crippen molar-refractivity contribution < 1.29 is 24.3 Å². The highest BCUT2D eigenvalue weighted by Crippen LogP contribution is 2.12. The smallest absolute Gasteiger partial charge is 0.326 e. The lowest BCUT2D eigenvalue weighted by Crippen LogP contribution is -2.59. The van der Waals surface area contributed by atoms with Crippen LogP contribution in [0.5, 0.6) is 0 Å². The number of guanidine groups is 1. The van der Waals surface area contributed by atoms with Crippen LogP contribution in [0, 0.1) is 11.8 Å². The van der Waals surface area contributed by atoms with Gasteiger partial charge in [-0.2, -0.15) is 0 Å². The van der Waals surface area contributed by atoms with Crippen LogP contribution < -0.4 is 38.9 Å². The van der Waals surface area contributed by atoms with Crippen LogP contribution in [0.15, 0.2) is 4.99 Å². The van der Waals surface area contributed by atoms with Gasteiger partial charge in [0.25, 0.3) is 0 Å². The Morgan fingerprint density at radius 1 is 0.811 bits per heavy atom. The van der Waals surface area contributed by atoms with Gasteiger partial charge >= 0.3 is 5.97 Å². The number of aliphatic imine (C=N–C) groups is 1. The molecule has 0 fully saturated rings. The fourth-order valence-corrected chi connectivity index (χ4v) is 3.52. The summed E-state index contributed by atoms with van der Waals surface area (Å²) >= 11 is 0. The van der Waals surface area contributed by atoms with Gasteiger partial charge in [0.05, 0.1) is 6.04 Å². The Morgan fingerprint density at radius 3 is 1.89 bits per heavy atom. The molecule has 0 aliphatic heterocycles. The molecule has 0 bridgehead atoms. The monoisotopic (exact) mass is 528 g/mol. The van der Waals surface area contributed by atoms with Crippen molar-refractivity contribution >= 4 is 29.7 Å². The largest absolute Gasteiger partial charge is 0.480 e. The number of carbonyl (C=O) groups excluding carboxylic acids is 3. The zero-order valence-corrected chi connectivity index (χ0v) is 22.7. The van der Waals surface area contributed by atoms with Gasteiger partial charge in [0.2, 0.25) is 17.7 Å². The first-order valence-corrected chi connectivity index (χ1v) is 13.0. The number of amides is 3. The zero-order chi connectivity index (χ0) is 28.5. The van der Waals surface area contributed by atoms with Gasteiger partial charge < -0.3 is 44.0 Å². The number of hydrogen-bond acceptors (Lipinski definition) is 7. The lowest BCUT2D eigenvalue weighted by atomic mass is 9.95. The van der Waals surface area contributed by atoms with Crippen LogP contribution in [0.2, 0.25) is 0 Å². The number of aliphatic carboxylic acids is 1. The van der Waals surface area contributed by atoms with E-state index in [1.807, 2.05) is 27.7 Å². The normalized spacial score (nSPS) is 15.8. The zero-order valence-electron chi connectivity index (χ0n) is 22.7. The highest BCUT2D eigenvalue weighted by atomic mass is 16.4. The van der Waals surface area contributed by atoms with Gasteiger partial charge in [0.1, 0.15) is 18.1 Å². The topological polar surface area (TPSA) is 241 Å². The molecular formula is C24H48N8O5. The van der Waals surface area contributed by atoms with Gasteiger partial charge in [-0.3, -0.25) is 19.4 Å². The first-order valence-electron chi connectivity index (χ1n) is 13.0. The molecule has 37 heavy (non-hydrogen) atoms. The predicted octanol–water partition coefficient (Wildman–Crippen LogP) is -0.872. The lowest BCUT2D eigenvalue weighted by Gasteiger charge is -2.29. The number of unbranched alkanes of at least 4 members (excludes halogenated alkanes) is 1. The van der Waals surface area contributed by atoms with E-state index < -0.39 is 47.9 Å². The molecule has 0 aliphatic carbocycles. The molecule has 0 spiro atoms. The molecule has 0 heterocycles. The molecule has 0 aromatic carbocycles. The molecule has 0 rings (SSSR count). The number of nitrogens with one attached hydrogen (secondary N) is 3. The average Bonchev–Trinajstić information content (AvgIpc) is 2.86. The van der Waals surface area contributed by atoms with E-state index in [0.717, 1.165) is 0 Å². The molecular weight excluding hydrogens is 480 g/mol. The van der Waals surface area contributed by atoms with E-state index in [-0.39, 0.29) is 37.2 Å². The Kier molecular flexibility index (Phi) is 16.9. The average molecular weight is 529 g/mol. The van der Waals surface area contributed by atoms with Crippen molar-refractivity contribution in [3.63, 3.8) is 0 Å². The molecule has 0 aromatic heterocycles. The molecule has 12 N–H and O–H groups in total. The molecule has 13 heteroatoms. The van der Waals surface area contributed by atoms with Gasteiger partial charge in [-0.1, -0.05) is 40.5 Å². The number of carbonyl (C=O) groups is 4. The van der Waals surface area contributed by atoms with Crippen molar-refractivity contribution in [1.82, 2.24) is 16.0 Å². The van der Waals surface area contributed by atoms with Crippen molar-refractivity contribution in [1.29, 1.82) is 0 Å². The molecule has 0 aliphatic rings. The van der Waals surface area contributed by atoms with Crippen LogP contribution in [-0.2, 0) is 19.2 Å². The van der Waals surface area contributed by atoms with Crippen LogP contribution in [-0.4, -0.2) is 72.0 Å². The third kappa shape index (κ3) is 13.3. The first kappa shape index (κ1) is 34.1. The fourth-order valence-electron chi connectivity index (χ4n) is 3.52. The van der Waals surface area contributed by atoms with E-state index in [2.05, 4.69) is 20.9 Å². The molecule has 214 valence electrons. The third-order valence-corrected chi connectivity index (χ3v) is 6.49. The molecule has 6 unspecified atom stereocenters. The molecule has 0 radical (unpaired) electrons. The summed E-state index contributed by atoms with van der Waals surface area (Å²) in [5, 5.41) is 17.5. The minimum Gasteiger partial charge on any atom is -0.480 e. The van der Waals surface area contributed by atoms with E-state index in [9.17, 15) is 24.3 Å². The van der Waals surface area contributed by atoms with Crippen LogP contribution >= 0.6 is 0 Å². The maximum Gasteiger partial charge on any atom is 0.326 e. The van der Waals surface area contributed by atoms with Crippen molar-refractivity contribution in [2.75, 3.05) is 13.1 Å². The summed E-state index contributed by atoms with van der Waals surface area (Å²) in [6, 6.07) is -3.88. The molecule has 0 aromatic rings. The Labute approximate surface area is 219 Å². The van der Waals surface area contributed by atoms with Crippen LogP contribution in [0.3, 0.4) is 0 Å². The molecule has 6 atom stereocenters.